The lowest BCUT2D eigenvalue weighted by Crippen LogP contribution is -2.21. The van der Waals surface area contributed by atoms with Crippen LogP contribution in [0.4, 0.5) is 10.1 Å². The van der Waals surface area contributed by atoms with E-state index in [-0.39, 0.29) is 0 Å². The van der Waals surface area contributed by atoms with Gasteiger partial charge in [-0.25, -0.2) is 9.18 Å². The van der Waals surface area contributed by atoms with Gasteiger partial charge in [0.15, 0.2) is 6.04 Å². The van der Waals surface area contributed by atoms with E-state index < -0.39 is 17.8 Å². The highest BCUT2D eigenvalue weighted by Crippen LogP contribution is 2.28. The highest BCUT2D eigenvalue weighted by atomic mass is 79.9. The molecule has 2 rings (SSSR count). The van der Waals surface area contributed by atoms with Crippen molar-refractivity contribution >= 4 is 39.2 Å². The summed E-state index contributed by atoms with van der Waals surface area (Å²) >= 11 is 9.01. The molecule has 0 aliphatic heterocycles. The fourth-order valence-electron chi connectivity index (χ4n) is 1.72. The number of anilines is 1. The van der Waals surface area contributed by atoms with Crippen molar-refractivity contribution in [1.82, 2.24) is 0 Å². The Morgan fingerprint density at radius 3 is 2.50 bits per heavy atom. The second kappa shape index (κ2) is 6.24. The number of benzene rings is 2. The van der Waals surface area contributed by atoms with Crippen LogP contribution < -0.4 is 5.32 Å². The number of carbonyl (C=O) groups is 1. The molecule has 6 heteroatoms. The lowest BCUT2D eigenvalue weighted by atomic mass is 10.1. The van der Waals surface area contributed by atoms with Gasteiger partial charge in [0.25, 0.3) is 0 Å². The summed E-state index contributed by atoms with van der Waals surface area (Å²) in [5.74, 6) is -1.60. The SMILES string of the molecule is O=C(O)C(Nc1ccc(Cl)cc1)c1cc(F)ccc1Br. The first-order valence-corrected chi connectivity index (χ1v) is 6.84. The maximum absolute atomic E-state index is 13.3. The molecule has 0 saturated heterocycles. The Labute approximate surface area is 128 Å². The minimum Gasteiger partial charge on any atom is -0.479 e. The van der Waals surface area contributed by atoms with E-state index in [2.05, 4.69) is 21.2 Å². The maximum Gasteiger partial charge on any atom is 0.330 e. The zero-order valence-electron chi connectivity index (χ0n) is 10.1. The van der Waals surface area contributed by atoms with Crippen LogP contribution in [0.2, 0.25) is 5.02 Å². The van der Waals surface area contributed by atoms with Crippen molar-refractivity contribution in [3.05, 3.63) is 63.3 Å². The molecule has 0 radical (unpaired) electrons. The zero-order valence-corrected chi connectivity index (χ0v) is 12.5. The zero-order chi connectivity index (χ0) is 14.7. The Morgan fingerprint density at radius 1 is 1.25 bits per heavy atom. The standard InChI is InChI=1S/C14H10BrClFNO2/c15-12-6-3-9(17)7-11(12)13(14(19)20)18-10-4-1-8(16)2-5-10/h1-7,13,18H,(H,19,20). The smallest absolute Gasteiger partial charge is 0.330 e. The first-order valence-electron chi connectivity index (χ1n) is 5.67. The summed E-state index contributed by atoms with van der Waals surface area (Å²) in [6.07, 6.45) is 0. The highest BCUT2D eigenvalue weighted by molar-refractivity contribution is 9.10. The van der Waals surface area contributed by atoms with Crippen LogP contribution in [-0.2, 0) is 4.79 Å². The predicted molar refractivity (Wildman–Crippen MR) is 79.6 cm³/mol. The van der Waals surface area contributed by atoms with Crippen LogP contribution in [0.15, 0.2) is 46.9 Å². The Bertz CT molecular complexity index is 634. The number of halogens is 3. The van der Waals surface area contributed by atoms with Crippen molar-refractivity contribution in [2.24, 2.45) is 0 Å². The van der Waals surface area contributed by atoms with E-state index in [1.165, 1.54) is 18.2 Å². The first kappa shape index (κ1) is 14.8. The number of carboxylic acid groups (broad SMARTS) is 1. The van der Waals surface area contributed by atoms with Gasteiger partial charge in [-0.3, -0.25) is 0 Å². The van der Waals surface area contributed by atoms with Crippen LogP contribution >= 0.6 is 27.5 Å². The fraction of sp³-hybridized carbons (Fsp3) is 0.0714. The highest BCUT2D eigenvalue weighted by Gasteiger charge is 2.22. The van der Waals surface area contributed by atoms with Crippen molar-refractivity contribution in [2.45, 2.75) is 6.04 Å². The van der Waals surface area contributed by atoms with Crippen LogP contribution in [0.5, 0.6) is 0 Å². The summed E-state index contributed by atoms with van der Waals surface area (Å²) in [5, 5.41) is 12.7. The predicted octanol–water partition coefficient (Wildman–Crippen LogP) is 4.48. The van der Waals surface area contributed by atoms with Gasteiger partial charge in [0.1, 0.15) is 5.82 Å². The van der Waals surface area contributed by atoms with E-state index in [4.69, 9.17) is 11.6 Å². The molecular weight excluding hydrogens is 349 g/mol. The van der Waals surface area contributed by atoms with Crippen LogP contribution in [0, 0.1) is 5.82 Å². The van der Waals surface area contributed by atoms with Gasteiger partial charge in [-0.2, -0.15) is 0 Å². The number of carboxylic acids is 1. The Morgan fingerprint density at radius 2 is 1.90 bits per heavy atom. The van der Waals surface area contributed by atoms with Gasteiger partial charge >= 0.3 is 5.97 Å². The first-order chi connectivity index (χ1) is 9.47. The molecule has 0 aliphatic rings. The van der Waals surface area contributed by atoms with Crippen molar-refractivity contribution in [3.8, 4) is 0 Å². The molecule has 0 saturated carbocycles. The summed E-state index contributed by atoms with van der Waals surface area (Å²) in [4.78, 5) is 11.4. The van der Waals surface area contributed by atoms with Gasteiger partial charge in [0.2, 0.25) is 0 Å². The third kappa shape index (κ3) is 3.49. The second-order valence-electron chi connectivity index (χ2n) is 4.09. The van der Waals surface area contributed by atoms with E-state index in [9.17, 15) is 14.3 Å². The molecule has 0 fully saturated rings. The van der Waals surface area contributed by atoms with E-state index >= 15 is 0 Å². The molecule has 1 atom stereocenters. The van der Waals surface area contributed by atoms with Crippen LogP contribution in [0.25, 0.3) is 0 Å². The van der Waals surface area contributed by atoms with Crippen LogP contribution in [0.1, 0.15) is 11.6 Å². The Hall–Kier alpha value is -1.59. The summed E-state index contributed by atoms with van der Waals surface area (Å²) in [6, 6.07) is 9.45. The van der Waals surface area contributed by atoms with Crippen molar-refractivity contribution in [3.63, 3.8) is 0 Å². The number of nitrogens with one attached hydrogen (secondary N) is 1. The number of aliphatic carboxylic acids is 1. The van der Waals surface area contributed by atoms with Crippen molar-refractivity contribution in [2.75, 3.05) is 5.32 Å². The van der Waals surface area contributed by atoms with E-state index in [0.29, 0.717) is 20.7 Å². The number of rotatable bonds is 4. The average Bonchev–Trinajstić information content (AvgIpc) is 2.41. The molecule has 0 aliphatic carbocycles. The summed E-state index contributed by atoms with van der Waals surface area (Å²) in [5.41, 5.74) is 0.894. The molecule has 2 N–H and O–H groups in total. The van der Waals surface area contributed by atoms with E-state index in [1.807, 2.05) is 0 Å². The average molecular weight is 359 g/mol. The molecule has 0 aromatic heterocycles. The number of hydrogen-bond acceptors (Lipinski definition) is 2. The molecule has 2 aromatic rings. The third-order valence-corrected chi connectivity index (χ3v) is 3.65. The van der Waals surface area contributed by atoms with Gasteiger partial charge in [0.05, 0.1) is 0 Å². The third-order valence-electron chi connectivity index (χ3n) is 2.67. The molecule has 20 heavy (non-hydrogen) atoms. The topological polar surface area (TPSA) is 49.3 Å². The normalized spacial score (nSPS) is 11.9. The quantitative estimate of drug-likeness (QED) is 0.847. The number of hydrogen-bond donors (Lipinski definition) is 2. The largest absolute Gasteiger partial charge is 0.479 e. The molecule has 0 spiro atoms. The minimum absolute atomic E-state index is 0.312. The van der Waals surface area contributed by atoms with Gasteiger partial charge < -0.3 is 10.4 Å². The molecular formula is C14H10BrClFNO2. The molecule has 0 bridgehead atoms. The van der Waals surface area contributed by atoms with E-state index in [1.54, 1.807) is 24.3 Å². The van der Waals surface area contributed by atoms with E-state index in [0.717, 1.165) is 0 Å². The lowest BCUT2D eigenvalue weighted by Gasteiger charge is -2.17. The second-order valence-corrected chi connectivity index (χ2v) is 5.38. The van der Waals surface area contributed by atoms with Crippen molar-refractivity contribution < 1.29 is 14.3 Å². The fourth-order valence-corrected chi connectivity index (χ4v) is 2.32. The van der Waals surface area contributed by atoms with Gasteiger partial charge in [-0.05, 0) is 42.5 Å². The van der Waals surface area contributed by atoms with Gasteiger partial charge in [0, 0.05) is 20.7 Å². The van der Waals surface area contributed by atoms with Gasteiger partial charge in [-0.15, -0.1) is 0 Å². The molecule has 1 unspecified atom stereocenters. The van der Waals surface area contributed by atoms with Gasteiger partial charge in [-0.1, -0.05) is 27.5 Å². The molecule has 104 valence electrons. The summed E-state index contributed by atoms with van der Waals surface area (Å²) < 4.78 is 13.8. The summed E-state index contributed by atoms with van der Waals surface area (Å²) in [7, 11) is 0. The molecule has 0 heterocycles. The lowest BCUT2D eigenvalue weighted by molar-refractivity contribution is -0.138. The van der Waals surface area contributed by atoms with Crippen molar-refractivity contribution in [1.29, 1.82) is 0 Å². The van der Waals surface area contributed by atoms with Crippen LogP contribution in [0.3, 0.4) is 0 Å². The monoisotopic (exact) mass is 357 g/mol. The summed E-state index contributed by atoms with van der Waals surface area (Å²) in [6.45, 7) is 0. The Kier molecular flexibility index (Phi) is 4.62. The molecule has 3 nitrogen and oxygen atoms in total. The maximum atomic E-state index is 13.3. The Balaban J connectivity index is 2.34. The van der Waals surface area contributed by atoms with Crippen LogP contribution in [-0.4, -0.2) is 11.1 Å². The minimum atomic E-state index is -1.11. The molecule has 0 amide bonds. The molecule has 2 aromatic carbocycles.